The van der Waals surface area contributed by atoms with Crippen LogP contribution in [0.2, 0.25) is 0 Å². The highest BCUT2D eigenvalue weighted by molar-refractivity contribution is 4.75. The molecule has 0 unspecified atom stereocenters. The van der Waals surface area contributed by atoms with E-state index < -0.39 is 0 Å². The van der Waals surface area contributed by atoms with Gasteiger partial charge in [-0.05, 0) is 14.0 Å². The van der Waals surface area contributed by atoms with E-state index in [-0.39, 0.29) is 0 Å². The minimum atomic E-state index is 0.815. The van der Waals surface area contributed by atoms with E-state index in [0.717, 1.165) is 19.1 Å². The molecule has 1 fully saturated rings. The Morgan fingerprint density at radius 2 is 1.91 bits per heavy atom. The molecule has 1 aliphatic heterocycles. The van der Waals surface area contributed by atoms with E-state index in [0.29, 0.717) is 0 Å². The number of ether oxygens (including phenoxy) is 1. The zero-order chi connectivity index (χ0) is 8.69. The third kappa shape index (κ3) is 4.38. The van der Waals surface area contributed by atoms with E-state index in [2.05, 4.69) is 11.9 Å². The van der Waals surface area contributed by atoms with Crippen LogP contribution in [0.15, 0.2) is 0 Å². The van der Waals surface area contributed by atoms with E-state index in [1.165, 1.54) is 13.1 Å². The summed E-state index contributed by atoms with van der Waals surface area (Å²) in [5, 5.41) is 0. The lowest BCUT2D eigenvalue weighted by molar-refractivity contribution is 0.0329. The van der Waals surface area contributed by atoms with Gasteiger partial charge in [-0.1, -0.05) is 13.8 Å². The van der Waals surface area contributed by atoms with Crippen LogP contribution in [0.3, 0.4) is 0 Å². The summed E-state index contributed by atoms with van der Waals surface area (Å²) in [5.41, 5.74) is 0. The summed E-state index contributed by atoms with van der Waals surface area (Å²) < 4.78 is 5.26. The van der Waals surface area contributed by atoms with E-state index in [1.54, 1.807) is 0 Å². The summed E-state index contributed by atoms with van der Waals surface area (Å²) >= 11 is 0. The van der Waals surface area contributed by atoms with Crippen LogP contribution in [-0.2, 0) is 4.74 Å². The molecule has 1 aliphatic rings. The van der Waals surface area contributed by atoms with Gasteiger partial charge < -0.3 is 9.64 Å². The molecule has 0 atom stereocenters. The first-order chi connectivity index (χ1) is 5.33. The van der Waals surface area contributed by atoms with E-state index in [9.17, 15) is 0 Å². The minimum absolute atomic E-state index is 0.815. The van der Waals surface area contributed by atoms with Crippen molar-refractivity contribution in [3.8, 4) is 0 Å². The van der Waals surface area contributed by atoms with Crippen molar-refractivity contribution < 1.29 is 4.74 Å². The monoisotopic (exact) mass is 159 g/mol. The van der Waals surface area contributed by atoms with Crippen LogP contribution in [0.1, 0.15) is 20.8 Å². The van der Waals surface area contributed by atoms with Gasteiger partial charge in [-0.2, -0.15) is 0 Å². The van der Waals surface area contributed by atoms with Gasteiger partial charge in [0.05, 0.1) is 6.61 Å². The van der Waals surface area contributed by atoms with Gasteiger partial charge in [0, 0.05) is 25.6 Å². The standard InChI is InChI=1S/C7H15NO.C2H6/c1-3-9-6-7-4-8(2)5-7;1-2/h7H,3-6H2,1-2H3;1-2H3. The second-order valence-electron chi connectivity index (χ2n) is 2.75. The quantitative estimate of drug-likeness (QED) is 0.620. The van der Waals surface area contributed by atoms with Gasteiger partial charge in [-0.15, -0.1) is 0 Å². The Balaban J connectivity index is 0.000000461. The largest absolute Gasteiger partial charge is 0.381 e. The third-order valence-electron chi connectivity index (χ3n) is 1.70. The molecule has 0 saturated carbocycles. The SMILES string of the molecule is CC.CCOCC1CN(C)C1. The Morgan fingerprint density at radius 1 is 1.36 bits per heavy atom. The van der Waals surface area contributed by atoms with Gasteiger partial charge in [-0.25, -0.2) is 0 Å². The van der Waals surface area contributed by atoms with Crippen molar-refractivity contribution in [2.24, 2.45) is 5.92 Å². The van der Waals surface area contributed by atoms with Crippen LogP contribution < -0.4 is 0 Å². The maximum absolute atomic E-state index is 5.26. The molecule has 0 radical (unpaired) electrons. The molecule has 0 aromatic rings. The number of rotatable bonds is 3. The summed E-state index contributed by atoms with van der Waals surface area (Å²) in [7, 11) is 2.14. The fraction of sp³-hybridized carbons (Fsp3) is 1.00. The zero-order valence-corrected chi connectivity index (χ0v) is 8.26. The zero-order valence-electron chi connectivity index (χ0n) is 8.26. The van der Waals surface area contributed by atoms with Gasteiger partial charge in [0.15, 0.2) is 0 Å². The summed E-state index contributed by atoms with van der Waals surface area (Å²) in [6.45, 7) is 10.3. The summed E-state index contributed by atoms with van der Waals surface area (Å²) in [5.74, 6) is 0.815. The molecule has 1 saturated heterocycles. The van der Waals surface area contributed by atoms with Crippen LogP contribution in [0.5, 0.6) is 0 Å². The van der Waals surface area contributed by atoms with Crippen molar-refractivity contribution in [3.63, 3.8) is 0 Å². The van der Waals surface area contributed by atoms with Gasteiger partial charge in [0.1, 0.15) is 0 Å². The smallest absolute Gasteiger partial charge is 0.0518 e. The van der Waals surface area contributed by atoms with Crippen LogP contribution >= 0.6 is 0 Å². The first-order valence-electron chi connectivity index (χ1n) is 4.59. The molecule has 1 heterocycles. The molecule has 0 aliphatic carbocycles. The highest BCUT2D eigenvalue weighted by atomic mass is 16.5. The van der Waals surface area contributed by atoms with Crippen LogP contribution in [0.4, 0.5) is 0 Å². The first-order valence-corrected chi connectivity index (χ1v) is 4.59. The van der Waals surface area contributed by atoms with Crippen molar-refractivity contribution in [3.05, 3.63) is 0 Å². The van der Waals surface area contributed by atoms with Gasteiger partial charge >= 0.3 is 0 Å². The molecule has 2 nitrogen and oxygen atoms in total. The second kappa shape index (κ2) is 6.62. The molecule has 0 N–H and O–H groups in total. The van der Waals surface area contributed by atoms with Crippen LogP contribution in [0.25, 0.3) is 0 Å². The predicted octanol–water partition coefficient (Wildman–Crippen LogP) is 1.61. The molecular formula is C9H21NO. The minimum Gasteiger partial charge on any atom is -0.381 e. The summed E-state index contributed by atoms with van der Waals surface area (Å²) in [6.07, 6.45) is 0. The molecule has 0 amide bonds. The Kier molecular flexibility index (Phi) is 6.57. The van der Waals surface area contributed by atoms with Gasteiger partial charge in [0.25, 0.3) is 0 Å². The van der Waals surface area contributed by atoms with E-state index in [4.69, 9.17) is 4.74 Å². The average Bonchev–Trinajstić information content (AvgIpc) is 2.00. The summed E-state index contributed by atoms with van der Waals surface area (Å²) in [6, 6.07) is 0. The van der Waals surface area contributed by atoms with Crippen LogP contribution in [0, 0.1) is 5.92 Å². The molecule has 0 spiro atoms. The molecule has 68 valence electrons. The van der Waals surface area contributed by atoms with E-state index >= 15 is 0 Å². The van der Waals surface area contributed by atoms with Crippen molar-refractivity contribution in [1.29, 1.82) is 0 Å². The number of likely N-dealkylation sites (tertiary alicyclic amines) is 1. The lowest BCUT2D eigenvalue weighted by Crippen LogP contribution is -2.45. The lowest BCUT2D eigenvalue weighted by atomic mass is 10.0. The van der Waals surface area contributed by atoms with E-state index in [1.807, 2.05) is 20.8 Å². The Labute approximate surface area is 70.5 Å². The number of hydrogen-bond acceptors (Lipinski definition) is 2. The molecular weight excluding hydrogens is 138 g/mol. The number of nitrogens with zero attached hydrogens (tertiary/aromatic N) is 1. The highest BCUT2D eigenvalue weighted by Crippen LogP contribution is 2.11. The fourth-order valence-corrected chi connectivity index (χ4v) is 1.22. The lowest BCUT2D eigenvalue weighted by Gasteiger charge is -2.35. The Bertz CT molecular complexity index is 79.6. The molecule has 1 rings (SSSR count). The molecule has 0 aromatic heterocycles. The van der Waals surface area contributed by atoms with Crippen molar-refractivity contribution in [1.82, 2.24) is 4.90 Å². The Morgan fingerprint density at radius 3 is 2.27 bits per heavy atom. The molecule has 0 bridgehead atoms. The first kappa shape index (κ1) is 10.9. The fourth-order valence-electron chi connectivity index (χ4n) is 1.22. The van der Waals surface area contributed by atoms with Crippen molar-refractivity contribution in [2.45, 2.75) is 20.8 Å². The summed E-state index contributed by atoms with van der Waals surface area (Å²) in [4.78, 5) is 2.31. The van der Waals surface area contributed by atoms with Crippen molar-refractivity contribution >= 4 is 0 Å². The molecule has 0 aromatic carbocycles. The molecule has 11 heavy (non-hydrogen) atoms. The predicted molar refractivity (Wildman–Crippen MR) is 48.8 cm³/mol. The number of hydrogen-bond donors (Lipinski definition) is 0. The maximum Gasteiger partial charge on any atom is 0.0518 e. The van der Waals surface area contributed by atoms with Crippen LogP contribution in [-0.4, -0.2) is 38.3 Å². The molecule has 2 heteroatoms. The Hall–Kier alpha value is -0.0800. The third-order valence-corrected chi connectivity index (χ3v) is 1.70. The highest BCUT2D eigenvalue weighted by Gasteiger charge is 2.22. The topological polar surface area (TPSA) is 12.5 Å². The van der Waals surface area contributed by atoms with Crippen molar-refractivity contribution in [2.75, 3.05) is 33.4 Å². The van der Waals surface area contributed by atoms with Gasteiger partial charge in [-0.3, -0.25) is 0 Å². The van der Waals surface area contributed by atoms with Gasteiger partial charge in [0.2, 0.25) is 0 Å². The second-order valence-corrected chi connectivity index (χ2v) is 2.75. The average molecular weight is 159 g/mol. The normalized spacial score (nSPS) is 18.5. The maximum atomic E-state index is 5.26.